The van der Waals surface area contributed by atoms with Crippen LogP contribution >= 0.6 is 0 Å². The highest BCUT2D eigenvalue weighted by molar-refractivity contribution is 5.30. The second-order valence-electron chi connectivity index (χ2n) is 3.86. The molecule has 0 aliphatic rings. The van der Waals surface area contributed by atoms with Crippen molar-refractivity contribution in [1.82, 2.24) is 20.4 Å². The molecule has 0 radical (unpaired) electrons. The lowest BCUT2D eigenvalue weighted by molar-refractivity contribution is 0.611. The Kier molecular flexibility index (Phi) is 3.41. The zero-order valence-electron chi connectivity index (χ0n) is 9.88. The van der Waals surface area contributed by atoms with Gasteiger partial charge in [0.05, 0.1) is 17.9 Å². The van der Waals surface area contributed by atoms with Gasteiger partial charge in [0.1, 0.15) is 0 Å². The summed E-state index contributed by atoms with van der Waals surface area (Å²) in [7, 11) is 0. The molecule has 1 atom stereocenters. The number of aryl methyl sites for hydroxylation is 2. The molecule has 1 unspecified atom stereocenters. The van der Waals surface area contributed by atoms with Gasteiger partial charge in [-0.1, -0.05) is 6.07 Å². The van der Waals surface area contributed by atoms with Crippen molar-refractivity contribution >= 4 is 0 Å². The van der Waals surface area contributed by atoms with Crippen LogP contribution in [0.4, 0.5) is 0 Å². The third-order valence-electron chi connectivity index (χ3n) is 2.62. The molecule has 88 valence electrons. The summed E-state index contributed by atoms with van der Waals surface area (Å²) in [5.74, 6) is 5.60. The molecule has 5 nitrogen and oxygen atoms in total. The first-order valence-electron chi connectivity index (χ1n) is 5.38. The van der Waals surface area contributed by atoms with Crippen LogP contribution in [0.5, 0.6) is 0 Å². The minimum atomic E-state index is -0.184. The number of hydrogen-bond acceptors (Lipinski definition) is 5. The van der Waals surface area contributed by atoms with Crippen molar-refractivity contribution in [2.24, 2.45) is 5.84 Å². The highest BCUT2D eigenvalue weighted by Gasteiger charge is 2.16. The Hall–Kier alpha value is -1.85. The van der Waals surface area contributed by atoms with E-state index in [4.69, 9.17) is 5.84 Å². The molecule has 5 heteroatoms. The minimum Gasteiger partial charge on any atom is -0.271 e. The number of aromatic nitrogens is 3. The smallest absolute Gasteiger partial charge is 0.0914 e. The zero-order valence-corrected chi connectivity index (χ0v) is 9.88. The van der Waals surface area contributed by atoms with Crippen molar-refractivity contribution in [3.8, 4) is 0 Å². The topological polar surface area (TPSA) is 76.7 Å². The predicted molar refractivity (Wildman–Crippen MR) is 64.9 cm³/mol. The molecule has 2 aromatic rings. The summed E-state index contributed by atoms with van der Waals surface area (Å²) in [5, 5.41) is 0. The molecule has 0 amide bonds. The SMILES string of the molecule is Cc1ccc(C(NN)c2cnccn2)c(C)n1. The Labute approximate surface area is 100 Å². The van der Waals surface area contributed by atoms with Crippen LogP contribution in [0.15, 0.2) is 30.7 Å². The van der Waals surface area contributed by atoms with E-state index in [1.54, 1.807) is 18.6 Å². The summed E-state index contributed by atoms with van der Waals surface area (Å²) >= 11 is 0. The molecule has 0 saturated carbocycles. The Morgan fingerprint density at radius 2 is 2.06 bits per heavy atom. The molecule has 2 aromatic heterocycles. The van der Waals surface area contributed by atoms with Crippen LogP contribution in [-0.4, -0.2) is 15.0 Å². The molecule has 3 N–H and O–H groups in total. The van der Waals surface area contributed by atoms with Crippen molar-refractivity contribution in [3.05, 3.63) is 53.4 Å². The van der Waals surface area contributed by atoms with E-state index in [9.17, 15) is 0 Å². The fraction of sp³-hybridized carbons (Fsp3) is 0.250. The van der Waals surface area contributed by atoms with E-state index in [1.807, 2.05) is 26.0 Å². The van der Waals surface area contributed by atoms with E-state index in [0.717, 1.165) is 22.6 Å². The van der Waals surface area contributed by atoms with Gasteiger partial charge in [0.15, 0.2) is 0 Å². The van der Waals surface area contributed by atoms with Gasteiger partial charge in [-0.2, -0.15) is 0 Å². The highest BCUT2D eigenvalue weighted by Crippen LogP contribution is 2.21. The van der Waals surface area contributed by atoms with Crippen LogP contribution in [0.2, 0.25) is 0 Å². The van der Waals surface area contributed by atoms with Crippen molar-refractivity contribution in [2.45, 2.75) is 19.9 Å². The maximum atomic E-state index is 5.60. The number of hydrazine groups is 1. The molecule has 2 heterocycles. The average Bonchev–Trinajstić information content (AvgIpc) is 2.34. The molecule has 0 spiro atoms. The Bertz CT molecular complexity index is 498. The van der Waals surface area contributed by atoms with Crippen LogP contribution in [-0.2, 0) is 0 Å². The maximum Gasteiger partial charge on any atom is 0.0914 e. The van der Waals surface area contributed by atoms with Crippen LogP contribution < -0.4 is 11.3 Å². The van der Waals surface area contributed by atoms with Gasteiger partial charge in [0, 0.05) is 23.8 Å². The van der Waals surface area contributed by atoms with E-state index < -0.39 is 0 Å². The zero-order chi connectivity index (χ0) is 12.3. The number of nitrogens with zero attached hydrogens (tertiary/aromatic N) is 3. The molecule has 0 bridgehead atoms. The first-order chi connectivity index (χ1) is 8.22. The highest BCUT2D eigenvalue weighted by atomic mass is 15.2. The minimum absolute atomic E-state index is 0.184. The second kappa shape index (κ2) is 4.99. The van der Waals surface area contributed by atoms with E-state index in [2.05, 4.69) is 20.4 Å². The monoisotopic (exact) mass is 229 g/mol. The normalized spacial score (nSPS) is 12.4. The molecule has 0 aliphatic heterocycles. The Balaban J connectivity index is 2.42. The fourth-order valence-corrected chi connectivity index (χ4v) is 1.80. The fourth-order valence-electron chi connectivity index (χ4n) is 1.80. The Morgan fingerprint density at radius 3 is 2.65 bits per heavy atom. The molecule has 0 aromatic carbocycles. The molecular formula is C12H15N5. The molecule has 0 fully saturated rings. The second-order valence-corrected chi connectivity index (χ2v) is 3.86. The van der Waals surface area contributed by atoms with Gasteiger partial charge in [0.2, 0.25) is 0 Å². The number of hydrogen-bond donors (Lipinski definition) is 2. The van der Waals surface area contributed by atoms with Crippen LogP contribution in [0.25, 0.3) is 0 Å². The third-order valence-corrected chi connectivity index (χ3v) is 2.62. The number of pyridine rings is 1. The number of rotatable bonds is 3. The summed E-state index contributed by atoms with van der Waals surface area (Å²) in [6, 6.07) is 3.79. The van der Waals surface area contributed by atoms with Gasteiger partial charge in [-0.3, -0.25) is 20.8 Å². The van der Waals surface area contributed by atoms with Gasteiger partial charge in [-0.25, -0.2) is 5.43 Å². The van der Waals surface area contributed by atoms with Crippen molar-refractivity contribution in [1.29, 1.82) is 0 Å². The number of nitrogens with two attached hydrogens (primary N) is 1. The predicted octanol–water partition coefficient (Wildman–Crippen LogP) is 1.04. The quantitative estimate of drug-likeness (QED) is 0.607. The molecule has 0 saturated heterocycles. The lowest BCUT2D eigenvalue weighted by atomic mass is 10.0. The molecule has 17 heavy (non-hydrogen) atoms. The third kappa shape index (κ3) is 2.46. The van der Waals surface area contributed by atoms with Crippen LogP contribution in [0.1, 0.15) is 28.7 Å². The van der Waals surface area contributed by atoms with E-state index in [0.29, 0.717) is 0 Å². The van der Waals surface area contributed by atoms with E-state index >= 15 is 0 Å². The lowest BCUT2D eigenvalue weighted by Gasteiger charge is -2.17. The summed E-state index contributed by atoms with van der Waals surface area (Å²) in [5.41, 5.74) is 6.48. The average molecular weight is 229 g/mol. The van der Waals surface area contributed by atoms with Crippen molar-refractivity contribution in [2.75, 3.05) is 0 Å². The number of nitrogens with one attached hydrogen (secondary N) is 1. The van der Waals surface area contributed by atoms with Gasteiger partial charge in [-0.05, 0) is 25.5 Å². The van der Waals surface area contributed by atoms with E-state index in [-0.39, 0.29) is 6.04 Å². The maximum absolute atomic E-state index is 5.60. The standard InChI is InChI=1S/C12H15N5/c1-8-3-4-10(9(2)16-8)12(17-13)11-7-14-5-6-15-11/h3-7,12,17H,13H2,1-2H3. The summed E-state index contributed by atoms with van der Waals surface area (Å²) in [6.07, 6.45) is 4.98. The van der Waals surface area contributed by atoms with Gasteiger partial charge in [-0.15, -0.1) is 0 Å². The van der Waals surface area contributed by atoms with Crippen LogP contribution in [0, 0.1) is 13.8 Å². The lowest BCUT2D eigenvalue weighted by Crippen LogP contribution is -2.30. The van der Waals surface area contributed by atoms with E-state index in [1.165, 1.54) is 0 Å². The first kappa shape index (κ1) is 11.6. The largest absolute Gasteiger partial charge is 0.271 e. The summed E-state index contributed by atoms with van der Waals surface area (Å²) in [4.78, 5) is 12.7. The van der Waals surface area contributed by atoms with Crippen molar-refractivity contribution < 1.29 is 0 Å². The Morgan fingerprint density at radius 1 is 1.24 bits per heavy atom. The summed E-state index contributed by atoms with van der Waals surface area (Å²) < 4.78 is 0. The molecular weight excluding hydrogens is 214 g/mol. The van der Waals surface area contributed by atoms with Gasteiger partial charge >= 0.3 is 0 Å². The van der Waals surface area contributed by atoms with Gasteiger partial charge < -0.3 is 0 Å². The van der Waals surface area contributed by atoms with Gasteiger partial charge in [0.25, 0.3) is 0 Å². The summed E-state index contributed by atoms with van der Waals surface area (Å²) in [6.45, 7) is 3.92. The molecule has 2 rings (SSSR count). The van der Waals surface area contributed by atoms with Crippen LogP contribution in [0.3, 0.4) is 0 Å². The first-order valence-corrected chi connectivity index (χ1v) is 5.38. The molecule has 0 aliphatic carbocycles. The van der Waals surface area contributed by atoms with Crippen molar-refractivity contribution in [3.63, 3.8) is 0 Å².